The summed E-state index contributed by atoms with van der Waals surface area (Å²) in [7, 11) is -6.04. The first-order chi connectivity index (χ1) is 26.4. The molecule has 1 saturated heterocycles. The van der Waals surface area contributed by atoms with E-state index in [0.29, 0.717) is 50.4 Å². The van der Waals surface area contributed by atoms with E-state index in [1.807, 2.05) is 0 Å². The predicted molar refractivity (Wildman–Crippen MR) is 187 cm³/mol. The maximum absolute atomic E-state index is 14.3. The Labute approximate surface area is 324 Å². The SMILES string of the molecule is O=C(CCC1CC2CCCC(C2)C1=O)OCC1(COC(=O)C23CC4CC(C2)C(=O)C(C4)C3)COC2(OC1)C1CC3CC2CC(OC(=O)C(F)(F)S(=O)(=O)O)(C3)C1. The van der Waals surface area contributed by atoms with Crippen LogP contribution in [0.5, 0.6) is 0 Å². The summed E-state index contributed by atoms with van der Waals surface area (Å²) in [5.41, 5.74) is -3.20. The molecule has 7 unspecified atom stereocenters. The Morgan fingerprint density at radius 2 is 1.39 bits per heavy atom. The van der Waals surface area contributed by atoms with Crippen LogP contribution < -0.4 is 0 Å². The van der Waals surface area contributed by atoms with Crippen molar-refractivity contribution in [2.75, 3.05) is 26.4 Å². The maximum atomic E-state index is 14.3. The van der Waals surface area contributed by atoms with Gasteiger partial charge in [-0.3, -0.25) is 23.7 Å². The summed E-state index contributed by atoms with van der Waals surface area (Å²) in [6.07, 6.45) is 10.2. The smallest absolute Gasteiger partial charge is 0.465 e. The van der Waals surface area contributed by atoms with E-state index >= 15 is 0 Å². The van der Waals surface area contributed by atoms with Crippen molar-refractivity contribution in [3.8, 4) is 0 Å². The van der Waals surface area contributed by atoms with E-state index in [2.05, 4.69) is 0 Å². The van der Waals surface area contributed by atoms with E-state index in [1.54, 1.807) is 0 Å². The molecule has 1 spiro atoms. The van der Waals surface area contributed by atoms with Gasteiger partial charge in [0.2, 0.25) is 0 Å². The molecule has 10 saturated carbocycles. The van der Waals surface area contributed by atoms with Gasteiger partial charge in [-0.15, -0.1) is 0 Å². The van der Waals surface area contributed by atoms with Crippen LogP contribution in [0.15, 0.2) is 0 Å². The average Bonchev–Trinajstić information content (AvgIpc) is 3.14. The summed E-state index contributed by atoms with van der Waals surface area (Å²) in [5.74, 6) is -4.15. The lowest BCUT2D eigenvalue weighted by Crippen LogP contribution is -2.70. The molecule has 10 aliphatic carbocycles. The second-order valence-electron chi connectivity index (χ2n) is 19.6. The summed E-state index contributed by atoms with van der Waals surface area (Å²) < 4.78 is 90.6. The third-order valence-electron chi connectivity index (χ3n) is 15.7. The highest BCUT2D eigenvalue weighted by molar-refractivity contribution is 7.87. The first-order valence-electron chi connectivity index (χ1n) is 20.7. The van der Waals surface area contributed by atoms with Crippen LogP contribution in [-0.4, -0.2) is 85.5 Å². The molecular formula is C40H52F2O13S. The Bertz CT molecular complexity index is 1750. The van der Waals surface area contributed by atoms with E-state index in [-0.39, 0.29) is 99.2 Å². The van der Waals surface area contributed by atoms with Gasteiger partial charge in [-0.2, -0.15) is 17.2 Å². The molecule has 0 aromatic carbocycles. The molecule has 11 rings (SSSR count). The zero-order valence-corrected chi connectivity index (χ0v) is 32.4. The van der Waals surface area contributed by atoms with Gasteiger partial charge in [0.1, 0.15) is 30.4 Å². The monoisotopic (exact) mass is 810 g/mol. The fourth-order valence-electron chi connectivity index (χ4n) is 13.5. The van der Waals surface area contributed by atoms with Gasteiger partial charge in [-0.05, 0) is 108 Å². The van der Waals surface area contributed by atoms with Crippen LogP contribution in [0, 0.1) is 64.1 Å². The van der Waals surface area contributed by atoms with E-state index in [1.165, 1.54) is 0 Å². The average molecular weight is 811 g/mol. The quantitative estimate of drug-likeness (QED) is 0.168. The van der Waals surface area contributed by atoms with Crippen molar-refractivity contribution in [2.45, 2.75) is 126 Å². The minimum Gasteiger partial charge on any atom is -0.465 e. The fraction of sp³-hybridized carbons (Fsp3) is 0.875. The minimum atomic E-state index is -6.04. The van der Waals surface area contributed by atoms with Gasteiger partial charge in [-0.25, -0.2) is 4.79 Å². The Morgan fingerprint density at radius 3 is 2.05 bits per heavy atom. The Kier molecular flexibility index (Phi) is 9.37. The molecular weight excluding hydrogens is 758 g/mol. The number of rotatable bonds is 11. The van der Waals surface area contributed by atoms with Gasteiger partial charge < -0.3 is 23.7 Å². The number of hydrogen-bond acceptors (Lipinski definition) is 12. The normalized spacial score (nSPS) is 44.9. The van der Waals surface area contributed by atoms with Gasteiger partial charge in [0.25, 0.3) is 0 Å². The van der Waals surface area contributed by atoms with Crippen LogP contribution in [0.3, 0.4) is 0 Å². The molecule has 13 nitrogen and oxygen atoms in total. The molecule has 0 aromatic heterocycles. The molecule has 11 fully saturated rings. The lowest BCUT2D eigenvalue weighted by molar-refractivity contribution is -0.397. The van der Waals surface area contributed by atoms with Crippen molar-refractivity contribution < 1.29 is 69.4 Å². The Morgan fingerprint density at radius 1 is 0.768 bits per heavy atom. The topological polar surface area (TPSA) is 186 Å². The number of alkyl halides is 2. The van der Waals surface area contributed by atoms with Gasteiger partial charge in [0.05, 0.1) is 24.0 Å². The Balaban J connectivity index is 0.885. The number of ketones is 2. The molecule has 10 bridgehead atoms. The molecule has 0 radical (unpaired) electrons. The summed E-state index contributed by atoms with van der Waals surface area (Å²) in [6.45, 7) is -0.395. The lowest BCUT2D eigenvalue weighted by Gasteiger charge is -2.65. The molecule has 1 heterocycles. The second kappa shape index (κ2) is 13.5. The van der Waals surface area contributed by atoms with Crippen molar-refractivity contribution in [3.63, 3.8) is 0 Å². The molecule has 1 aliphatic heterocycles. The van der Waals surface area contributed by atoms with Gasteiger partial charge in [0.15, 0.2) is 5.79 Å². The first-order valence-corrected chi connectivity index (χ1v) is 22.1. The van der Waals surface area contributed by atoms with Crippen molar-refractivity contribution >= 4 is 39.6 Å². The van der Waals surface area contributed by atoms with Crippen LogP contribution in [-0.2, 0) is 57.8 Å². The van der Waals surface area contributed by atoms with Crippen LogP contribution >= 0.6 is 0 Å². The molecule has 0 aromatic rings. The molecule has 1 N–H and O–H groups in total. The predicted octanol–water partition coefficient (Wildman–Crippen LogP) is 4.98. The molecule has 310 valence electrons. The number of Topliss-reactive ketones (excluding diaryl/α,β-unsaturated/α-hetero) is 2. The third kappa shape index (κ3) is 6.45. The first kappa shape index (κ1) is 38.9. The summed E-state index contributed by atoms with van der Waals surface area (Å²) in [4.78, 5) is 65.6. The zero-order chi connectivity index (χ0) is 39.5. The third-order valence-corrected chi connectivity index (χ3v) is 16.5. The van der Waals surface area contributed by atoms with Gasteiger partial charge in [-0.1, -0.05) is 12.8 Å². The number of halogens is 2. The molecule has 7 atom stereocenters. The highest BCUT2D eigenvalue weighted by Crippen LogP contribution is 2.64. The zero-order valence-electron chi connectivity index (χ0n) is 31.6. The van der Waals surface area contributed by atoms with E-state index in [9.17, 15) is 41.2 Å². The number of esters is 3. The summed E-state index contributed by atoms with van der Waals surface area (Å²) in [5, 5.41) is -5.11. The van der Waals surface area contributed by atoms with Crippen molar-refractivity contribution in [1.29, 1.82) is 0 Å². The number of carbonyl (C=O) groups is 5. The fourth-order valence-corrected chi connectivity index (χ4v) is 13.7. The van der Waals surface area contributed by atoms with Gasteiger partial charge in [0, 0.05) is 41.9 Å². The number of ether oxygens (including phenoxy) is 5. The van der Waals surface area contributed by atoms with Crippen LogP contribution in [0.2, 0.25) is 0 Å². The molecule has 0 amide bonds. The highest BCUT2D eigenvalue weighted by Gasteiger charge is 2.69. The minimum absolute atomic E-state index is 0.0196. The lowest BCUT2D eigenvalue weighted by atomic mass is 9.49. The van der Waals surface area contributed by atoms with Crippen LogP contribution in [0.1, 0.15) is 109 Å². The highest BCUT2D eigenvalue weighted by atomic mass is 32.2. The van der Waals surface area contributed by atoms with Crippen molar-refractivity contribution in [3.05, 3.63) is 0 Å². The summed E-state index contributed by atoms with van der Waals surface area (Å²) >= 11 is 0. The van der Waals surface area contributed by atoms with Crippen molar-refractivity contribution in [1.82, 2.24) is 0 Å². The number of hydrogen-bond donors (Lipinski definition) is 1. The second-order valence-corrected chi connectivity index (χ2v) is 21.0. The molecule has 56 heavy (non-hydrogen) atoms. The maximum Gasteiger partial charge on any atom is 0.465 e. The molecule has 11 aliphatic rings. The van der Waals surface area contributed by atoms with E-state index in [4.69, 9.17) is 28.2 Å². The van der Waals surface area contributed by atoms with Gasteiger partial charge >= 0.3 is 33.3 Å². The Hall–Kier alpha value is -2.56. The standard InChI is InChI=1S/C40H52F2O13S/c41-40(42,56(48,49)50)35(47)55-38-13-24-10-29(16-38)39(30(11-24)17-38)53-20-36(21-54-39,18-51-31(43)5-4-26-7-22-2-1-3-25(6-22)32(26)44)19-52-34(46)37-12-23-8-27(14-37)33(45)28(9-23)15-37/h22-30H,1-21H2,(H,48,49,50). The van der Waals surface area contributed by atoms with Crippen LogP contribution in [0.25, 0.3) is 0 Å². The largest absolute Gasteiger partial charge is 0.465 e. The van der Waals surface area contributed by atoms with Crippen LogP contribution in [0.4, 0.5) is 8.78 Å². The van der Waals surface area contributed by atoms with Crippen molar-refractivity contribution in [2.24, 2.45) is 64.1 Å². The number of carbonyl (C=O) groups excluding carboxylic acids is 5. The molecule has 16 heteroatoms. The van der Waals surface area contributed by atoms with E-state index < -0.39 is 61.4 Å². The number of fused-ring (bicyclic) bond motifs is 2. The summed E-state index contributed by atoms with van der Waals surface area (Å²) in [6, 6.07) is 0. The van der Waals surface area contributed by atoms with E-state index in [0.717, 1.165) is 44.9 Å².